The van der Waals surface area contributed by atoms with E-state index in [0.29, 0.717) is 0 Å². The molecule has 0 aliphatic heterocycles. The first kappa shape index (κ1) is 17.8. The summed E-state index contributed by atoms with van der Waals surface area (Å²) < 4.78 is 0. The number of amides is 1. The lowest BCUT2D eigenvalue weighted by Gasteiger charge is -2.27. The zero-order valence-electron chi connectivity index (χ0n) is 13.8. The molecule has 1 atom stereocenters. The predicted molar refractivity (Wildman–Crippen MR) is 92.3 cm³/mol. The van der Waals surface area contributed by atoms with Gasteiger partial charge in [-0.05, 0) is 38.2 Å². The zero-order valence-corrected chi connectivity index (χ0v) is 14.6. The highest BCUT2D eigenvalue weighted by atomic mass is 32.2. The average molecular weight is 309 g/mol. The number of nitrogens with one attached hydrogen (secondary N) is 1. The van der Waals surface area contributed by atoms with Crippen molar-refractivity contribution >= 4 is 23.5 Å². The summed E-state index contributed by atoms with van der Waals surface area (Å²) in [6, 6.07) is 4.03. The maximum absolute atomic E-state index is 12.7. The number of carbonyl (C=O) groups excluding carboxylic acids is 1. The molecule has 1 heterocycles. The van der Waals surface area contributed by atoms with E-state index in [-0.39, 0.29) is 11.9 Å². The number of rotatable bonds is 8. The van der Waals surface area contributed by atoms with Gasteiger partial charge in [0.2, 0.25) is 0 Å². The number of anilines is 1. The summed E-state index contributed by atoms with van der Waals surface area (Å²) >= 11 is 1.78. The molecule has 118 valence electrons. The van der Waals surface area contributed by atoms with Crippen LogP contribution in [0.2, 0.25) is 0 Å². The minimum atomic E-state index is 0.0761. The lowest BCUT2D eigenvalue weighted by atomic mass is 10.1. The number of aryl methyl sites for hydroxylation is 1. The molecule has 5 heteroatoms. The first-order valence-electron chi connectivity index (χ1n) is 7.58. The van der Waals surface area contributed by atoms with E-state index in [9.17, 15) is 4.79 Å². The molecule has 1 aromatic rings. The van der Waals surface area contributed by atoms with Gasteiger partial charge >= 0.3 is 0 Å². The summed E-state index contributed by atoms with van der Waals surface area (Å²) in [6.45, 7) is 7.00. The van der Waals surface area contributed by atoms with Crippen LogP contribution in [0.4, 0.5) is 5.82 Å². The molecule has 0 aliphatic rings. The molecule has 0 spiro atoms. The van der Waals surface area contributed by atoms with Gasteiger partial charge in [-0.15, -0.1) is 0 Å². The van der Waals surface area contributed by atoms with Crippen LogP contribution in [0.15, 0.2) is 12.1 Å². The second-order valence-corrected chi connectivity index (χ2v) is 5.96. The molecule has 1 amide bonds. The van der Waals surface area contributed by atoms with E-state index in [4.69, 9.17) is 0 Å². The number of pyridine rings is 1. The fourth-order valence-electron chi connectivity index (χ4n) is 2.23. The van der Waals surface area contributed by atoms with Crippen LogP contribution < -0.4 is 5.32 Å². The fraction of sp³-hybridized carbons (Fsp3) is 0.625. The lowest BCUT2D eigenvalue weighted by Crippen LogP contribution is -2.38. The minimum absolute atomic E-state index is 0.0761. The topological polar surface area (TPSA) is 45.2 Å². The van der Waals surface area contributed by atoms with E-state index in [2.05, 4.69) is 30.4 Å². The number of nitrogens with zero attached hydrogens (tertiary/aromatic N) is 2. The summed E-state index contributed by atoms with van der Waals surface area (Å²) in [5.74, 6) is 1.82. The van der Waals surface area contributed by atoms with Gasteiger partial charge in [0.1, 0.15) is 5.82 Å². The summed E-state index contributed by atoms with van der Waals surface area (Å²) in [5, 5.41) is 3.20. The standard InChI is InChI=1S/C16H27N3OS/c1-6-13-9-12(10-15(18-13)17-8-3)16(20)19(4)14(7-2)11-21-5/h9-10,14H,6-8,11H2,1-5H3,(H,17,18). The monoisotopic (exact) mass is 309 g/mol. The SMILES string of the molecule is CCNc1cc(C(=O)N(C)C(CC)CSC)cc(CC)n1. The Hall–Kier alpha value is -1.23. The zero-order chi connectivity index (χ0) is 15.8. The molecule has 0 aromatic carbocycles. The normalized spacial score (nSPS) is 12.0. The Morgan fingerprint density at radius 1 is 1.38 bits per heavy atom. The maximum atomic E-state index is 12.7. The van der Waals surface area contributed by atoms with Gasteiger partial charge in [-0.25, -0.2) is 4.98 Å². The molecule has 0 radical (unpaired) electrons. The van der Waals surface area contributed by atoms with Crippen LogP contribution in [-0.4, -0.2) is 47.4 Å². The number of aromatic nitrogens is 1. The lowest BCUT2D eigenvalue weighted by molar-refractivity contribution is 0.0743. The van der Waals surface area contributed by atoms with Crippen LogP contribution in [0.5, 0.6) is 0 Å². The van der Waals surface area contributed by atoms with Crippen molar-refractivity contribution in [3.63, 3.8) is 0 Å². The van der Waals surface area contributed by atoms with Crippen LogP contribution in [0.1, 0.15) is 43.2 Å². The Bertz CT molecular complexity index is 465. The van der Waals surface area contributed by atoms with Crippen molar-refractivity contribution in [3.05, 3.63) is 23.4 Å². The average Bonchev–Trinajstić information content (AvgIpc) is 2.51. The molecule has 0 aliphatic carbocycles. The third-order valence-electron chi connectivity index (χ3n) is 3.54. The summed E-state index contributed by atoms with van der Waals surface area (Å²) in [5.41, 5.74) is 1.67. The van der Waals surface area contributed by atoms with Gasteiger partial charge < -0.3 is 10.2 Å². The van der Waals surface area contributed by atoms with Crippen molar-refractivity contribution in [3.8, 4) is 0 Å². The van der Waals surface area contributed by atoms with Gasteiger partial charge in [0.15, 0.2) is 0 Å². The fourth-order valence-corrected chi connectivity index (χ4v) is 3.07. The molecule has 0 saturated carbocycles. The molecule has 1 aromatic heterocycles. The van der Waals surface area contributed by atoms with Crippen LogP contribution in [0.3, 0.4) is 0 Å². The molecule has 21 heavy (non-hydrogen) atoms. The van der Waals surface area contributed by atoms with Crippen molar-refractivity contribution in [2.45, 2.75) is 39.7 Å². The molecule has 1 N–H and O–H groups in total. The molecule has 1 rings (SSSR count). The minimum Gasteiger partial charge on any atom is -0.370 e. The van der Waals surface area contributed by atoms with Crippen LogP contribution in [0, 0.1) is 0 Å². The van der Waals surface area contributed by atoms with Gasteiger partial charge in [0.05, 0.1) is 0 Å². The van der Waals surface area contributed by atoms with Crippen LogP contribution >= 0.6 is 11.8 Å². The Kier molecular flexibility index (Phi) is 7.57. The van der Waals surface area contributed by atoms with Gasteiger partial charge in [0, 0.05) is 36.6 Å². The molecule has 0 bridgehead atoms. The largest absolute Gasteiger partial charge is 0.370 e. The summed E-state index contributed by atoms with van der Waals surface area (Å²) in [4.78, 5) is 19.1. The van der Waals surface area contributed by atoms with E-state index < -0.39 is 0 Å². The third-order valence-corrected chi connectivity index (χ3v) is 4.26. The van der Waals surface area contributed by atoms with Crippen LogP contribution in [0.25, 0.3) is 0 Å². The number of carbonyl (C=O) groups is 1. The first-order valence-corrected chi connectivity index (χ1v) is 8.97. The maximum Gasteiger partial charge on any atom is 0.254 e. The Balaban J connectivity index is 3.01. The Labute approximate surface area is 132 Å². The van der Waals surface area contributed by atoms with Crippen LogP contribution in [-0.2, 0) is 6.42 Å². The second-order valence-electron chi connectivity index (χ2n) is 5.05. The van der Waals surface area contributed by atoms with E-state index >= 15 is 0 Å². The van der Waals surface area contributed by atoms with Crippen molar-refractivity contribution in [2.75, 3.05) is 30.9 Å². The van der Waals surface area contributed by atoms with Crippen molar-refractivity contribution in [1.82, 2.24) is 9.88 Å². The summed E-state index contributed by atoms with van der Waals surface area (Å²) in [7, 11) is 1.89. The predicted octanol–water partition coefficient (Wildman–Crippen LogP) is 3.29. The van der Waals surface area contributed by atoms with E-state index in [1.165, 1.54) is 0 Å². The third kappa shape index (κ3) is 4.92. The molecule has 0 fully saturated rings. The number of thioether (sulfide) groups is 1. The first-order chi connectivity index (χ1) is 10.1. The van der Waals surface area contributed by atoms with Gasteiger partial charge in [0.25, 0.3) is 5.91 Å². The second kappa shape index (κ2) is 8.93. The quantitative estimate of drug-likeness (QED) is 0.800. The van der Waals surface area contributed by atoms with E-state index in [0.717, 1.165) is 42.2 Å². The number of hydrogen-bond donors (Lipinski definition) is 1. The van der Waals surface area contributed by atoms with Gasteiger partial charge in [-0.3, -0.25) is 4.79 Å². The highest BCUT2D eigenvalue weighted by molar-refractivity contribution is 7.98. The van der Waals surface area contributed by atoms with E-state index in [1.54, 1.807) is 11.8 Å². The van der Waals surface area contributed by atoms with Gasteiger partial charge in [-0.1, -0.05) is 13.8 Å². The Morgan fingerprint density at radius 2 is 2.10 bits per heavy atom. The molecular weight excluding hydrogens is 282 g/mol. The van der Waals surface area contributed by atoms with Crippen molar-refractivity contribution in [1.29, 1.82) is 0 Å². The molecule has 1 unspecified atom stereocenters. The highest BCUT2D eigenvalue weighted by Crippen LogP contribution is 2.16. The number of hydrogen-bond acceptors (Lipinski definition) is 4. The summed E-state index contributed by atoms with van der Waals surface area (Å²) in [6.07, 6.45) is 3.87. The van der Waals surface area contributed by atoms with E-state index in [1.807, 2.05) is 31.0 Å². The Morgan fingerprint density at radius 3 is 2.62 bits per heavy atom. The molecule has 4 nitrogen and oxygen atoms in total. The van der Waals surface area contributed by atoms with Crippen molar-refractivity contribution in [2.24, 2.45) is 0 Å². The highest BCUT2D eigenvalue weighted by Gasteiger charge is 2.20. The smallest absolute Gasteiger partial charge is 0.254 e. The molecular formula is C16H27N3OS. The van der Waals surface area contributed by atoms with Gasteiger partial charge in [-0.2, -0.15) is 11.8 Å². The molecule has 0 saturated heterocycles. The van der Waals surface area contributed by atoms with Crippen molar-refractivity contribution < 1.29 is 4.79 Å².